The highest BCUT2D eigenvalue weighted by molar-refractivity contribution is 5.95. The van der Waals surface area contributed by atoms with E-state index in [1.165, 1.54) is 4.90 Å². The summed E-state index contributed by atoms with van der Waals surface area (Å²) in [5, 5.41) is 0. The Kier molecular flexibility index (Phi) is 5.74. The molecule has 3 rings (SSSR count). The summed E-state index contributed by atoms with van der Waals surface area (Å²) in [5.41, 5.74) is 6.55. The van der Waals surface area contributed by atoms with Gasteiger partial charge in [-0.1, -0.05) is 30.3 Å². The summed E-state index contributed by atoms with van der Waals surface area (Å²) in [6.07, 6.45) is 2.70. The molecule has 0 spiro atoms. The van der Waals surface area contributed by atoms with E-state index in [2.05, 4.69) is 0 Å². The molecule has 6 heteroatoms. The van der Waals surface area contributed by atoms with Crippen molar-refractivity contribution in [2.45, 2.75) is 32.6 Å². The number of benzene rings is 1. The van der Waals surface area contributed by atoms with E-state index in [0.717, 1.165) is 12.0 Å². The fourth-order valence-corrected chi connectivity index (χ4v) is 3.52. The molecule has 2 amide bonds. The second kappa shape index (κ2) is 8.20. The van der Waals surface area contributed by atoms with Crippen molar-refractivity contribution in [3.63, 3.8) is 0 Å². The van der Waals surface area contributed by atoms with Crippen molar-refractivity contribution < 1.29 is 14.0 Å². The third-order valence-corrected chi connectivity index (χ3v) is 5.03. The number of primary amides is 1. The molecule has 142 valence electrons. The number of amides is 2. The van der Waals surface area contributed by atoms with E-state index >= 15 is 0 Å². The minimum absolute atomic E-state index is 0.0450. The lowest BCUT2D eigenvalue weighted by Crippen LogP contribution is -2.45. The van der Waals surface area contributed by atoms with Gasteiger partial charge < -0.3 is 15.1 Å². The number of hydrogen-bond donors (Lipinski definition) is 1. The highest BCUT2D eigenvalue weighted by Gasteiger charge is 2.30. The van der Waals surface area contributed by atoms with Crippen LogP contribution in [0.4, 0.5) is 0 Å². The number of hydrogen-bond acceptors (Lipinski definition) is 4. The molecule has 0 radical (unpaired) electrons. The fraction of sp³-hybridized carbons (Fsp3) is 0.381. The molecule has 0 bridgehead atoms. The number of aryl methyl sites for hydroxylation is 3. The summed E-state index contributed by atoms with van der Waals surface area (Å²) in [6.45, 7) is 2.51. The molecule has 1 aromatic carbocycles. The average Bonchev–Trinajstić information content (AvgIpc) is 2.66. The van der Waals surface area contributed by atoms with Gasteiger partial charge >= 0.3 is 5.63 Å². The van der Waals surface area contributed by atoms with Gasteiger partial charge in [0.1, 0.15) is 11.3 Å². The van der Waals surface area contributed by atoms with Crippen LogP contribution in [0.1, 0.15) is 40.1 Å². The number of piperidine rings is 1. The van der Waals surface area contributed by atoms with Gasteiger partial charge in [0.25, 0.3) is 5.91 Å². The normalized spacial score (nSPS) is 16.9. The van der Waals surface area contributed by atoms with E-state index < -0.39 is 11.5 Å². The fourth-order valence-electron chi connectivity index (χ4n) is 3.52. The van der Waals surface area contributed by atoms with Crippen molar-refractivity contribution in [1.82, 2.24) is 4.90 Å². The lowest BCUT2D eigenvalue weighted by molar-refractivity contribution is -0.123. The molecule has 1 unspecified atom stereocenters. The first-order valence-corrected chi connectivity index (χ1v) is 9.22. The van der Waals surface area contributed by atoms with E-state index in [4.69, 9.17) is 10.2 Å². The molecule has 1 aliphatic rings. The standard InChI is InChI=1S/C21H24N2O4/c1-14-12-17(10-9-15-6-3-2-4-7-15)27-21(26)18(14)20(25)23-11-5-8-16(13-23)19(22)24/h2-4,6-7,12,16H,5,8-11,13H2,1H3,(H2,22,24). The summed E-state index contributed by atoms with van der Waals surface area (Å²) < 4.78 is 5.40. The van der Waals surface area contributed by atoms with Crippen molar-refractivity contribution in [3.05, 3.63) is 69.3 Å². The van der Waals surface area contributed by atoms with Gasteiger partial charge in [-0.15, -0.1) is 0 Å². The Morgan fingerprint density at radius 1 is 1.22 bits per heavy atom. The molecule has 1 fully saturated rings. The Balaban J connectivity index is 1.75. The van der Waals surface area contributed by atoms with Crippen LogP contribution < -0.4 is 11.4 Å². The Morgan fingerprint density at radius 2 is 1.96 bits per heavy atom. The van der Waals surface area contributed by atoms with Gasteiger partial charge in [-0.25, -0.2) is 4.79 Å². The summed E-state index contributed by atoms with van der Waals surface area (Å²) in [4.78, 5) is 38.2. The second-order valence-electron chi connectivity index (χ2n) is 7.04. The Bertz CT molecular complexity index is 889. The Hall–Kier alpha value is -2.89. The van der Waals surface area contributed by atoms with Crippen LogP contribution in [0.25, 0.3) is 0 Å². The summed E-state index contributed by atoms with van der Waals surface area (Å²) in [7, 11) is 0. The molecular weight excluding hydrogens is 344 g/mol. The van der Waals surface area contributed by atoms with Gasteiger partial charge in [0.15, 0.2) is 0 Å². The number of nitrogens with two attached hydrogens (primary N) is 1. The van der Waals surface area contributed by atoms with Gasteiger partial charge in [0.05, 0.1) is 5.92 Å². The van der Waals surface area contributed by atoms with Crippen molar-refractivity contribution in [1.29, 1.82) is 0 Å². The zero-order chi connectivity index (χ0) is 19.4. The van der Waals surface area contributed by atoms with Crippen molar-refractivity contribution in [2.24, 2.45) is 11.7 Å². The molecule has 2 N–H and O–H groups in total. The molecule has 1 saturated heterocycles. The highest BCUT2D eigenvalue weighted by atomic mass is 16.4. The smallest absolute Gasteiger partial charge is 0.349 e. The lowest BCUT2D eigenvalue weighted by atomic mass is 9.96. The average molecular weight is 368 g/mol. The zero-order valence-electron chi connectivity index (χ0n) is 15.4. The lowest BCUT2D eigenvalue weighted by Gasteiger charge is -2.31. The number of rotatable bonds is 5. The Labute approximate surface area is 158 Å². The summed E-state index contributed by atoms with van der Waals surface area (Å²) >= 11 is 0. The van der Waals surface area contributed by atoms with E-state index in [0.29, 0.717) is 37.1 Å². The maximum Gasteiger partial charge on any atom is 0.349 e. The van der Waals surface area contributed by atoms with Crippen LogP contribution in [0.3, 0.4) is 0 Å². The van der Waals surface area contributed by atoms with Gasteiger partial charge in [0.2, 0.25) is 5.91 Å². The SMILES string of the molecule is Cc1cc(CCc2ccccc2)oc(=O)c1C(=O)N1CCCC(C(N)=O)C1. The topological polar surface area (TPSA) is 93.6 Å². The van der Waals surface area contributed by atoms with Crippen LogP contribution in [0.15, 0.2) is 45.6 Å². The molecule has 0 saturated carbocycles. The quantitative estimate of drug-likeness (QED) is 0.874. The number of carbonyl (C=O) groups is 2. The van der Waals surface area contributed by atoms with E-state index in [1.807, 2.05) is 30.3 Å². The molecule has 2 heterocycles. The minimum atomic E-state index is -0.621. The largest absolute Gasteiger partial charge is 0.427 e. The van der Waals surface area contributed by atoms with Crippen LogP contribution in [0.2, 0.25) is 0 Å². The maximum absolute atomic E-state index is 12.8. The molecular formula is C21H24N2O4. The predicted molar refractivity (Wildman–Crippen MR) is 101 cm³/mol. The van der Waals surface area contributed by atoms with Crippen molar-refractivity contribution in [3.8, 4) is 0 Å². The van der Waals surface area contributed by atoms with Gasteiger partial charge in [0, 0.05) is 19.5 Å². The Morgan fingerprint density at radius 3 is 2.63 bits per heavy atom. The van der Waals surface area contributed by atoms with Crippen LogP contribution >= 0.6 is 0 Å². The highest BCUT2D eigenvalue weighted by Crippen LogP contribution is 2.19. The first-order chi connectivity index (χ1) is 13.0. The van der Waals surface area contributed by atoms with Gasteiger partial charge in [-0.3, -0.25) is 9.59 Å². The molecule has 1 aromatic heterocycles. The van der Waals surface area contributed by atoms with Gasteiger partial charge in [-0.2, -0.15) is 0 Å². The van der Waals surface area contributed by atoms with Crippen LogP contribution in [-0.4, -0.2) is 29.8 Å². The maximum atomic E-state index is 12.8. The van der Waals surface area contributed by atoms with Gasteiger partial charge in [-0.05, 0) is 43.4 Å². The monoisotopic (exact) mass is 368 g/mol. The van der Waals surface area contributed by atoms with Crippen molar-refractivity contribution in [2.75, 3.05) is 13.1 Å². The van der Waals surface area contributed by atoms with E-state index in [-0.39, 0.29) is 23.9 Å². The molecule has 1 atom stereocenters. The summed E-state index contributed by atoms with van der Waals surface area (Å²) in [5.74, 6) is -0.596. The molecule has 0 aliphatic carbocycles. The van der Waals surface area contributed by atoms with Crippen LogP contribution in [-0.2, 0) is 17.6 Å². The molecule has 1 aliphatic heterocycles. The number of carbonyl (C=O) groups excluding carboxylic acids is 2. The third-order valence-electron chi connectivity index (χ3n) is 5.03. The van der Waals surface area contributed by atoms with Crippen LogP contribution in [0, 0.1) is 12.8 Å². The predicted octanol–water partition coefficient (Wildman–Crippen LogP) is 2.07. The van der Waals surface area contributed by atoms with Crippen LogP contribution in [0.5, 0.6) is 0 Å². The first-order valence-electron chi connectivity index (χ1n) is 9.22. The van der Waals surface area contributed by atoms with E-state index in [1.54, 1.807) is 13.0 Å². The van der Waals surface area contributed by atoms with E-state index in [9.17, 15) is 14.4 Å². The second-order valence-corrected chi connectivity index (χ2v) is 7.04. The number of nitrogens with zero attached hydrogens (tertiary/aromatic N) is 1. The first kappa shape index (κ1) is 18.9. The summed E-state index contributed by atoms with van der Waals surface area (Å²) in [6, 6.07) is 11.7. The number of likely N-dealkylation sites (tertiary alicyclic amines) is 1. The third kappa shape index (κ3) is 4.45. The minimum Gasteiger partial charge on any atom is -0.427 e. The molecule has 27 heavy (non-hydrogen) atoms. The zero-order valence-corrected chi connectivity index (χ0v) is 15.4. The molecule has 6 nitrogen and oxygen atoms in total. The van der Waals surface area contributed by atoms with Crippen molar-refractivity contribution >= 4 is 11.8 Å². The molecule has 2 aromatic rings.